The number of nitrogens with one attached hydrogen (secondary N) is 3. The van der Waals surface area contributed by atoms with Crippen molar-refractivity contribution in [2.75, 3.05) is 13.2 Å². The Morgan fingerprint density at radius 3 is 1.99 bits per heavy atom. The highest BCUT2D eigenvalue weighted by Gasteiger charge is 2.53. The van der Waals surface area contributed by atoms with Crippen LogP contribution in [0.3, 0.4) is 0 Å². The van der Waals surface area contributed by atoms with Crippen LogP contribution in [0.4, 0.5) is 9.59 Å². The number of hydrogen-bond donors (Lipinski definition) is 7. The largest absolute Gasteiger partial charge is 0.445 e. The quantitative estimate of drug-likeness (QED) is 0.0937. The molecule has 16 unspecified atom stereocenters. The Morgan fingerprint density at radius 2 is 1.34 bits per heavy atom. The fourth-order valence-corrected chi connectivity index (χ4v) is 8.52. The van der Waals surface area contributed by atoms with Crippen LogP contribution in [0, 0.1) is 17.8 Å². The summed E-state index contributed by atoms with van der Waals surface area (Å²) >= 11 is 0. The lowest BCUT2D eigenvalue weighted by Gasteiger charge is -2.46. The molecule has 0 spiro atoms. The fourth-order valence-electron chi connectivity index (χ4n) is 8.52. The van der Waals surface area contributed by atoms with E-state index in [-0.39, 0.29) is 50.5 Å². The standard InChI is InChI=1S/C49H69N3O15/c1-6-33-18-17-29(4)45(62-33)66-42-38(25-53)64-47(40(42)56)67-43-39(55)36(51-44(57)37(54)21-22-50-48(58)60-26-31-13-9-7-10-14-31)24-30(5)41(43)65-46-35(20-19-34(63-46)23-28(2)3)52-49(59)61-27-32-15-11-8-12-16-32/h7-20,28-30,33-43,45-47,53-56H,6,21-27H2,1-5H3,(H,50,58)(H,51,57)(H,52,59). The van der Waals surface area contributed by atoms with Crippen molar-refractivity contribution >= 4 is 18.1 Å². The Hall–Kier alpha value is -4.47. The first-order valence-electron chi connectivity index (χ1n) is 23.4. The summed E-state index contributed by atoms with van der Waals surface area (Å²) in [6.45, 7) is 9.25. The Labute approximate surface area is 392 Å². The lowest BCUT2D eigenvalue weighted by atomic mass is 9.80. The summed E-state index contributed by atoms with van der Waals surface area (Å²) in [4.78, 5) is 38.9. The zero-order valence-corrected chi connectivity index (χ0v) is 38.8. The summed E-state index contributed by atoms with van der Waals surface area (Å²) in [6.07, 6.45) is -5.63. The Balaban J connectivity index is 1.17. The van der Waals surface area contributed by atoms with E-state index in [4.69, 9.17) is 37.9 Å². The molecule has 0 aromatic heterocycles. The maximum absolute atomic E-state index is 13.5. The number of ether oxygens (including phenoxy) is 8. The van der Waals surface area contributed by atoms with Crippen LogP contribution in [-0.4, -0.2) is 138 Å². The second kappa shape index (κ2) is 25.2. The van der Waals surface area contributed by atoms with Gasteiger partial charge in [0.1, 0.15) is 55.9 Å². The van der Waals surface area contributed by atoms with Gasteiger partial charge in [-0.05, 0) is 48.6 Å². The molecular formula is C49H69N3O15. The molecule has 3 aliphatic heterocycles. The topological polar surface area (TPSA) is 242 Å². The van der Waals surface area contributed by atoms with E-state index in [9.17, 15) is 34.8 Å². The lowest BCUT2D eigenvalue weighted by molar-refractivity contribution is -0.288. The van der Waals surface area contributed by atoms with Crippen molar-refractivity contribution in [3.63, 3.8) is 0 Å². The SMILES string of the molecule is CCC1C=CC(C)C(OC2C(CO)OC(OC3C(O)C(NC(=O)C(O)CCNC(=O)OCc4ccccc4)CC(C)C3OC3OC(CC(C)C)C=CC3NC(=O)OCc3ccccc3)C2O)O1. The predicted octanol–water partition coefficient (Wildman–Crippen LogP) is 3.73. The number of hydrogen-bond acceptors (Lipinski definition) is 15. The third-order valence-corrected chi connectivity index (χ3v) is 12.2. The highest BCUT2D eigenvalue weighted by molar-refractivity contribution is 5.81. The van der Waals surface area contributed by atoms with E-state index < -0.39 is 110 Å². The lowest BCUT2D eigenvalue weighted by Crippen LogP contribution is -2.63. The van der Waals surface area contributed by atoms with Gasteiger partial charge < -0.3 is 74.3 Å². The van der Waals surface area contributed by atoms with Gasteiger partial charge in [-0.1, -0.05) is 120 Å². The molecule has 2 aromatic rings. The van der Waals surface area contributed by atoms with Crippen molar-refractivity contribution in [3.8, 4) is 0 Å². The maximum Gasteiger partial charge on any atom is 0.408 e. The third-order valence-electron chi connectivity index (χ3n) is 12.2. The molecule has 3 amide bonds. The fraction of sp³-hybridized carbons (Fsp3) is 0.612. The van der Waals surface area contributed by atoms with Crippen molar-refractivity contribution < 1.29 is 72.7 Å². The molecule has 67 heavy (non-hydrogen) atoms. The highest BCUT2D eigenvalue weighted by Crippen LogP contribution is 2.37. The number of carbonyl (C=O) groups excluding carboxylic acids is 3. The number of aliphatic hydroxyl groups is 4. The molecule has 0 radical (unpaired) electrons. The summed E-state index contributed by atoms with van der Waals surface area (Å²) in [5.41, 5.74) is 1.59. The van der Waals surface area contributed by atoms with Gasteiger partial charge in [-0.2, -0.15) is 0 Å². The van der Waals surface area contributed by atoms with Crippen molar-refractivity contribution in [3.05, 3.63) is 96.1 Å². The monoisotopic (exact) mass is 939 g/mol. The van der Waals surface area contributed by atoms with Crippen molar-refractivity contribution in [1.29, 1.82) is 0 Å². The van der Waals surface area contributed by atoms with E-state index in [0.29, 0.717) is 12.8 Å². The molecule has 1 saturated carbocycles. The molecular weight excluding hydrogens is 871 g/mol. The minimum atomic E-state index is -1.58. The second-order valence-corrected chi connectivity index (χ2v) is 18.1. The summed E-state index contributed by atoms with van der Waals surface area (Å²) in [7, 11) is 0. The Bertz CT molecular complexity index is 1910. The average molecular weight is 940 g/mol. The number of rotatable bonds is 20. The van der Waals surface area contributed by atoms with Gasteiger partial charge in [0.25, 0.3) is 0 Å². The van der Waals surface area contributed by atoms with E-state index >= 15 is 0 Å². The van der Waals surface area contributed by atoms with Gasteiger partial charge >= 0.3 is 12.2 Å². The summed E-state index contributed by atoms with van der Waals surface area (Å²) in [5.74, 6) is -1.25. The number of amides is 3. The normalized spacial score (nSPS) is 33.2. The first-order valence-corrected chi connectivity index (χ1v) is 23.4. The van der Waals surface area contributed by atoms with Gasteiger partial charge in [0.15, 0.2) is 18.9 Å². The van der Waals surface area contributed by atoms with Crippen LogP contribution in [0.15, 0.2) is 85.0 Å². The highest BCUT2D eigenvalue weighted by atomic mass is 16.8. The molecule has 18 nitrogen and oxygen atoms in total. The molecule has 2 fully saturated rings. The molecule has 7 N–H and O–H groups in total. The van der Waals surface area contributed by atoms with Crippen LogP contribution >= 0.6 is 0 Å². The van der Waals surface area contributed by atoms with E-state index in [2.05, 4.69) is 16.0 Å². The predicted molar refractivity (Wildman–Crippen MR) is 241 cm³/mol. The van der Waals surface area contributed by atoms with Crippen LogP contribution in [0.5, 0.6) is 0 Å². The summed E-state index contributed by atoms with van der Waals surface area (Å²) in [6, 6.07) is 16.5. The van der Waals surface area contributed by atoms with Gasteiger partial charge in [0.2, 0.25) is 5.91 Å². The minimum Gasteiger partial charge on any atom is -0.445 e. The molecule has 6 rings (SSSR count). The van der Waals surface area contributed by atoms with Crippen molar-refractivity contribution in [2.45, 2.75) is 159 Å². The molecule has 370 valence electrons. The molecule has 3 heterocycles. The van der Waals surface area contributed by atoms with Crippen molar-refractivity contribution in [2.24, 2.45) is 17.8 Å². The van der Waals surface area contributed by atoms with Crippen LogP contribution < -0.4 is 16.0 Å². The smallest absolute Gasteiger partial charge is 0.408 e. The second-order valence-electron chi connectivity index (χ2n) is 18.1. The maximum atomic E-state index is 13.5. The van der Waals surface area contributed by atoms with Gasteiger partial charge in [-0.3, -0.25) is 4.79 Å². The molecule has 0 bridgehead atoms. The number of aliphatic hydroxyl groups excluding tert-OH is 4. The summed E-state index contributed by atoms with van der Waals surface area (Å²) in [5, 5.41) is 53.3. The molecule has 18 heteroatoms. The molecule has 2 aromatic carbocycles. The molecule has 16 atom stereocenters. The van der Waals surface area contributed by atoms with Crippen LogP contribution in [-0.2, 0) is 55.9 Å². The van der Waals surface area contributed by atoms with Gasteiger partial charge in [-0.15, -0.1) is 0 Å². The molecule has 4 aliphatic rings. The van der Waals surface area contributed by atoms with E-state index in [1.807, 2.05) is 114 Å². The summed E-state index contributed by atoms with van der Waals surface area (Å²) < 4.78 is 48.9. The van der Waals surface area contributed by atoms with Crippen molar-refractivity contribution in [1.82, 2.24) is 16.0 Å². The zero-order valence-electron chi connectivity index (χ0n) is 38.8. The van der Waals surface area contributed by atoms with Crippen LogP contribution in [0.1, 0.15) is 71.4 Å². The number of alkyl carbamates (subject to hydrolysis) is 2. The van der Waals surface area contributed by atoms with E-state index in [0.717, 1.165) is 11.1 Å². The first kappa shape index (κ1) is 51.9. The van der Waals surface area contributed by atoms with Crippen LogP contribution in [0.2, 0.25) is 0 Å². The number of carbonyl (C=O) groups is 3. The Kier molecular flexibility index (Phi) is 19.5. The van der Waals surface area contributed by atoms with Crippen LogP contribution in [0.25, 0.3) is 0 Å². The molecule has 1 aliphatic carbocycles. The first-order chi connectivity index (χ1) is 32.2. The minimum absolute atomic E-state index is 0.0256. The van der Waals surface area contributed by atoms with Gasteiger partial charge in [0, 0.05) is 12.5 Å². The van der Waals surface area contributed by atoms with E-state index in [1.54, 1.807) is 6.08 Å². The average Bonchev–Trinajstić information content (AvgIpc) is 3.61. The van der Waals surface area contributed by atoms with E-state index in [1.165, 1.54) is 0 Å². The third kappa shape index (κ3) is 14.8. The molecule has 1 saturated heterocycles. The van der Waals surface area contributed by atoms with Gasteiger partial charge in [-0.25, -0.2) is 9.59 Å². The number of benzene rings is 2. The Morgan fingerprint density at radius 1 is 0.731 bits per heavy atom. The van der Waals surface area contributed by atoms with Gasteiger partial charge in [0.05, 0.1) is 31.0 Å². The zero-order chi connectivity index (χ0) is 48.0.